The molecule has 0 N–H and O–H groups in total. The van der Waals surface area contributed by atoms with E-state index >= 15 is 0 Å². The zero-order valence-electron chi connectivity index (χ0n) is 29.3. The van der Waals surface area contributed by atoms with Crippen molar-refractivity contribution in [2.45, 2.75) is 143 Å². The van der Waals surface area contributed by atoms with Gasteiger partial charge in [-0.2, -0.15) is 4.90 Å². The van der Waals surface area contributed by atoms with E-state index in [-0.39, 0.29) is 19.1 Å². The second-order valence-electron chi connectivity index (χ2n) is 14.9. The van der Waals surface area contributed by atoms with Gasteiger partial charge in [-0.1, -0.05) is 71.9 Å². The molecule has 2 rings (SSSR count). The molecule has 0 aliphatic carbocycles. The molecule has 1 aliphatic heterocycles. The zero-order valence-corrected chi connectivity index (χ0v) is 30.3. The molecular formula is C34H57NO8Si. The minimum absolute atomic E-state index is 0.168. The Morgan fingerprint density at radius 1 is 0.864 bits per heavy atom. The van der Waals surface area contributed by atoms with Crippen molar-refractivity contribution in [2.24, 2.45) is 5.92 Å². The number of hydrogen-bond acceptors (Lipinski definition) is 8. The van der Waals surface area contributed by atoms with Gasteiger partial charge >= 0.3 is 18.2 Å². The number of rotatable bonds is 8. The first-order valence-corrected chi connectivity index (χ1v) is 18.1. The first-order chi connectivity index (χ1) is 20.2. The second-order valence-corrected chi connectivity index (χ2v) is 20.3. The van der Waals surface area contributed by atoms with Crippen LogP contribution >= 0.6 is 0 Å². The van der Waals surface area contributed by atoms with Gasteiger partial charge in [-0.15, -0.1) is 0 Å². The van der Waals surface area contributed by atoms with Crippen LogP contribution in [0.25, 0.3) is 0 Å². The summed E-state index contributed by atoms with van der Waals surface area (Å²) in [5, 5.41) is 0. The first kappa shape index (κ1) is 37.8. The normalized spacial score (nSPS) is 22.2. The fourth-order valence-corrected chi connectivity index (χ4v) is 11.9. The number of amides is 2. The van der Waals surface area contributed by atoms with Crippen LogP contribution < -0.4 is 0 Å². The van der Waals surface area contributed by atoms with Gasteiger partial charge in [0.1, 0.15) is 17.3 Å². The third kappa shape index (κ3) is 10.0. The van der Waals surface area contributed by atoms with Gasteiger partial charge in [-0.3, -0.25) is 0 Å². The van der Waals surface area contributed by atoms with Crippen molar-refractivity contribution in [1.82, 2.24) is 4.90 Å². The summed E-state index contributed by atoms with van der Waals surface area (Å²) in [6, 6.07) is 8.68. The molecule has 0 radical (unpaired) electrons. The highest BCUT2D eigenvalue weighted by Crippen LogP contribution is 2.44. The van der Waals surface area contributed by atoms with Crippen LogP contribution in [0.5, 0.6) is 0 Å². The maximum Gasteiger partial charge on any atom is 0.420 e. The van der Waals surface area contributed by atoms with E-state index in [1.165, 1.54) is 0 Å². The molecule has 44 heavy (non-hydrogen) atoms. The number of carbonyl (C=O) groups is 3. The van der Waals surface area contributed by atoms with Crippen molar-refractivity contribution < 1.29 is 37.8 Å². The van der Waals surface area contributed by atoms with Crippen molar-refractivity contribution in [3.8, 4) is 0 Å². The van der Waals surface area contributed by atoms with E-state index in [2.05, 4.69) is 53.7 Å². The average molecular weight is 636 g/mol. The maximum atomic E-state index is 13.9. The Balaban J connectivity index is 2.59. The molecule has 2 amide bonds. The van der Waals surface area contributed by atoms with Crippen LogP contribution in [0, 0.1) is 5.92 Å². The number of ether oxygens (including phenoxy) is 4. The standard InChI is InChI=1S/C34H57NO8Si/c1-22(2)44(23(3)4,24(5)6)43-29-25(7)40-30(36)28(21-39-20-27(29)19-26-17-15-14-16-18-26)35(31(37)41-33(8,9)10)32(38)42-34(11,12)13/h14-18,22-25,27-29H,19-21H2,1-13H3/t25-,27-,28?,29-/m0/s1. The third-order valence-electron chi connectivity index (χ3n) is 7.99. The van der Waals surface area contributed by atoms with E-state index in [9.17, 15) is 14.4 Å². The second kappa shape index (κ2) is 15.2. The van der Waals surface area contributed by atoms with Crippen molar-refractivity contribution in [2.75, 3.05) is 13.2 Å². The van der Waals surface area contributed by atoms with E-state index in [0.29, 0.717) is 27.9 Å². The number of nitrogens with zero attached hydrogens (tertiary/aromatic N) is 1. The lowest BCUT2D eigenvalue weighted by atomic mass is 9.92. The summed E-state index contributed by atoms with van der Waals surface area (Å²) in [5.41, 5.74) is 0.175. The van der Waals surface area contributed by atoms with Crippen molar-refractivity contribution >= 4 is 26.5 Å². The maximum absolute atomic E-state index is 13.9. The van der Waals surface area contributed by atoms with Gasteiger partial charge < -0.3 is 23.4 Å². The van der Waals surface area contributed by atoms with E-state index in [1.807, 2.05) is 25.1 Å². The van der Waals surface area contributed by atoms with Crippen LogP contribution in [0.1, 0.15) is 95.6 Å². The van der Waals surface area contributed by atoms with Crippen molar-refractivity contribution in [3.05, 3.63) is 35.9 Å². The summed E-state index contributed by atoms with van der Waals surface area (Å²) >= 11 is 0. The van der Waals surface area contributed by atoms with Crippen LogP contribution in [-0.2, 0) is 34.6 Å². The zero-order chi connectivity index (χ0) is 33.6. The molecule has 250 valence electrons. The molecule has 1 fully saturated rings. The number of cyclic esters (lactones) is 1. The number of esters is 1. The molecule has 4 atom stereocenters. The Bertz CT molecular complexity index is 1040. The predicted molar refractivity (Wildman–Crippen MR) is 174 cm³/mol. The number of imide groups is 1. The molecule has 0 saturated carbocycles. The molecule has 0 bridgehead atoms. The van der Waals surface area contributed by atoms with Gasteiger partial charge in [0.05, 0.1) is 19.3 Å². The summed E-state index contributed by atoms with van der Waals surface area (Å²) in [6.45, 7) is 25.2. The van der Waals surface area contributed by atoms with Crippen LogP contribution in [0.3, 0.4) is 0 Å². The fraction of sp³-hybridized carbons (Fsp3) is 0.735. The highest BCUT2D eigenvalue weighted by atomic mass is 28.4. The lowest BCUT2D eigenvalue weighted by molar-refractivity contribution is -0.160. The predicted octanol–water partition coefficient (Wildman–Crippen LogP) is 7.91. The SMILES string of the molecule is CC(C)[Si](O[C@@H]1[C@@H](Cc2ccccc2)COCC(N(C(=O)OC(C)(C)C)C(=O)OC(C)(C)C)C(=O)O[C@H]1C)(C(C)C)C(C)C. The molecule has 1 aliphatic rings. The van der Waals surface area contributed by atoms with E-state index in [0.717, 1.165) is 5.56 Å². The molecular weight excluding hydrogens is 578 g/mol. The Labute approximate surface area is 266 Å². The molecule has 1 aromatic carbocycles. The minimum atomic E-state index is -2.43. The average Bonchev–Trinajstić information content (AvgIpc) is 2.90. The highest BCUT2D eigenvalue weighted by molar-refractivity contribution is 6.77. The molecule has 0 spiro atoms. The van der Waals surface area contributed by atoms with Gasteiger partial charge in [0.25, 0.3) is 0 Å². The van der Waals surface area contributed by atoms with Gasteiger partial charge in [-0.25, -0.2) is 14.4 Å². The number of hydrogen-bond donors (Lipinski definition) is 0. The smallest absolute Gasteiger partial charge is 0.420 e. The molecule has 1 saturated heterocycles. The molecule has 0 aromatic heterocycles. The van der Waals surface area contributed by atoms with Crippen LogP contribution in [0.4, 0.5) is 9.59 Å². The monoisotopic (exact) mass is 635 g/mol. The Morgan fingerprint density at radius 3 is 1.77 bits per heavy atom. The summed E-state index contributed by atoms with van der Waals surface area (Å²) in [4.78, 5) is 41.4. The van der Waals surface area contributed by atoms with Gasteiger partial charge in [-0.05, 0) is 77.1 Å². The molecule has 9 nitrogen and oxygen atoms in total. The van der Waals surface area contributed by atoms with Crippen LogP contribution in [0.15, 0.2) is 30.3 Å². The largest absolute Gasteiger partial charge is 0.458 e. The minimum Gasteiger partial charge on any atom is -0.458 e. The van der Waals surface area contributed by atoms with Crippen LogP contribution in [0.2, 0.25) is 16.6 Å². The lowest BCUT2D eigenvalue weighted by Crippen LogP contribution is -2.56. The van der Waals surface area contributed by atoms with Crippen molar-refractivity contribution in [3.63, 3.8) is 0 Å². The van der Waals surface area contributed by atoms with Gasteiger partial charge in [0.2, 0.25) is 8.32 Å². The summed E-state index contributed by atoms with van der Waals surface area (Å²) in [7, 11) is -2.43. The molecule has 1 heterocycles. The molecule has 10 heteroatoms. The van der Waals surface area contributed by atoms with E-state index in [1.54, 1.807) is 41.5 Å². The molecule has 1 unspecified atom stereocenters. The highest BCUT2D eigenvalue weighted by Gasteiger charge is 2.50. The van der Waals surface area contributed by atoms with Crippen molar-refractivity contribution in [1.29, 1.82) is 0 Å². The third-order valence-corrected chi connectivity index (χ3v) is 14.1. The Hall–Kier alpha value is -2.43. The van der Waals surface area contributed by atoms with Gasteiger partial charge in [0, 0.05) is 5.92 Å². The van der Waals surface area contributed by atoms with Crippen LogP contribution in [-0.4, -0.2) is 74.0 Å². The van der Waals surface area contributed by atoms with Gasteiger partial charge in [0.15, 0.2) is 6.04 Å². The Kier molecular flexibility index (Phi) is 13.1. The fourth-order valence-electron chi connectivity index (χ4n) is 6.27. The van der Waals surface area contributed by atoms with E-state index in [4.69, 9.17) is 23.4 Å². The topological polar surface area (TPSA) is 101 Å². The Morgan fingerprint density at radius 2 is 1.34 bits per heavy atom. The first-order valence-electron chi connectivity index (χ1n) is 15.9. The number of benzene rings is 1. The summed E-state index contributed by atoms with van der Waals surface area (Å²) in [6.07, 6.45) is -2.55. The number of carbonyl (C=O) groups excluding carboxylic acids is 3. The quantitative estimate of drug-likeness (QED) is 0.161. The summed E-state index contributed by atoms with van der Waals surface area (Å²) < 4.78 is 30.7. The summed E-state index contributed by atoms with van der Waals surface area (Å²) in [5.74, 6) is -0.951. The lowest BCUT2D eigenvalue weighted by Gasteiger charge is -2.47. The molecule has 1 aromatic rings. The van der Waals surface area contributed by atoms with E-state index < -0.39 is 55.9 Å².